The van der Waals surface area contributed by atoms with Gasteiger partial charge < -0.3 is 4.74 Å². The number of esters is 1. The van der Waals surface area contributed by atoms with Crippen LogP contribution < -0.4 is 0 Å². The van der Waals surface area contributed by atoms with Crippen LogP contribution in [0.2, 0.25) is 0 Å². The lowest BCUT2D eigenvalue weighted by atomic mass is 10.0. The number of rotatable bonds is 2. The smallest absolute Gasteiger partial charge is 0.313 e. The van der Waals surface area contributed by atoms with E-state index in [1.165, 1.54) is 0 Å². The van der Waals surface area contributed by atoms with Crippen molar-refractivity contribution in [2.75, 3.05) is 0 Å². The van der Waals surface area contributed by atoms with Gasteiger partial charge in [-0.15, -0.1) is 6.58 Å². The van der Waals surface area contributed by atoms with Crippen LogP contribution in [0.15, 0.2) is 43.0 Å². The molecule has 2 heteroatoms. The predicted octanol–water partition coefficient (Wildman–Crippen LogP) is 2.48. The van der Waals surface area contributed by atoms with E-state index < -0.39 is 0 Å². The second-order valence-corrected chi connectivity index (χ2v) is 3.41. The van der Waals surface area contributed by atoms with Crippen molar-refractivity contribution < 1.29 is 9.53 Å². The third-order valence-corrected chi connectivity index (χ3v) is 2.49. The molecule has 0 radical (unpaired) electrons. The van der Waals surface area contributed by atoms with Crippen LogP contribution in [0.4, 0.5) is 0 Å². The summed E-state index contributed by atoms with van der Waals surface area (Å²) in [5.41, 5.74) is 1.06. The van der Waals surface area contributed by atoms with Crippen LogP contribution in [-0.4, -0.2) is 5.97 Å². The molecule has 0 saturated carbocycles. The highest BCUT2D eigenvalue weighted by Gasteiger charge is 2.32. The van der Waals surface area contributed by atoms with Crippen molar-refractivity contribution in [3.05, 3.63) is 48.6 Å². The summed E-state index contributed by atoms with van der Waals surface area (Å²) in [4.78, 5) is 11.3. The number of carbonyl (C=O) groups is 1. The molecule has 0 N–H and O–H groups in total. The predicted molar refractivity (Wildman–Crippen MR) is 53.6 cm³/mol. The fourth-order valence-electron chi connectivity index (χ4n) is 1.67. The van der Waals surface area contributed by atoms with Crippen LogP contribution in [-0.2, 0) is 9.53 Å². The van der Waals surface area contributed by atoms with Gasteiger partial charge in [0.05, 0.1) is 5.92 Å². The summed E-state index contributed by atoms with van der Waals surface area (Å²) >= 11 is 0. The van der Waals surface area contributed by atoms with Crippen LogP contribution >= 0.6 is 0 Å². The normalized spacial score (nSPS) is 25.9. The summed E-state index contributed by atoms with van der Waals surface area (Å²) in [6.45, 7) is 3.62. The minimum atomic E-state index is -0.158. The number of hydrogen-bond acceptors (Lipinski definition) is 2. The van der Waals surface area contributed by atoms with Gasteiger partial charge >= 0.3 is 5.97 Å². The molecule has 0 spiro atoms. The minimum absolute atomic E-state index is 0.0910. The third kappa shape index (κ3) is 1.55. The maximum atomic E-state index is 11.3. The molecule has 0 unspecified atom stereocenters. The zero-order valence-electron chi connectivity index (χ0n) is 7.85. The van der Waals surface area contributed by atoms with Gasteiger partial charge in [-0.3, -0.25) is 4.79 Å². The first-order chi connectivity index (χ1) is 6.81. The van der Waals surface area contributed by atoms with Gasteiger partial charge in [-0.2, -0.15) is 0 Å². The van der Waals surface area contributed by atoms with E-state index in [1.54, 1.807) is 6.08 Å². The number of ether oxygens (including phenoxy) is 1. The molecule has 1 fully saturated rings. The van der Waals surface area contributed by atoms with Gasteiger partial charge in [-0.25, -0.2) is 0 Å². The van der Waals surface area contributed by atoms with Crippen LogP contribution in [0, 0.1) is 5.92 Å². The molecule has 0 amide bonds. The van der Waals surface area contributed by atoms with E-state index in [2.05, 4.69) is 6.58 Å². The van der Waals surface area contributed by atoms with Crippen LogP contribution in [0.25, 0.3) is 0 Å². The SMILES string of the molecule is C=C[C@H]1C[C@H](c2ccccc2)OC1=O. The topological polar surface area (TPSA) is 26.3 Å². The second kappa shape index (κ2) is 3.66. The molecule has 1 aliphatic heterocycles. The van der Waals surface area contributed by atoms with Crippen molar-refractivity contribution in [2.24, 2.45) is 5.92 Å². The van der Waals surface area contributed by atoms with E-state index in [4.69, 9.17) is 4.74 Å². The number of hydrogen-bond donors (Lipinski definition) is 0. The Morgan fingerprint density at radius 1 is 1.36 bits per heavy atom. The van der Waals surface area contributed by atoms with Crippen molar-refractivity contribution in [3.8, 4) is 0 Å². The molecule has 1 aromatic carbocycles. The van der Waals surface area contributed by atoms with E-state index in [0.29, 0.717) is 6.42 Å². The van der Waals surface area contributed by atoms with Crippen LogP contribution in [0.5, 0.6) is 0 Å². The van der Waals surface area contributed by atoms with Gasteiger partial charge in [0.2, 0.25) is 0 Å². The van der Waals surface area contributed by atoms with Crippen molar-refractivity contribution in [1.82, 2.24) is 0 Å². The molecular formula is C12H12O2. The summed E-state index contributed by atoms with van der Waals surface area (Å²) in [5.74, 6) is -0.297. The summed E-state index contributed by atoms with van der Waals surface area (Å²) in [5, 5.41) is 0. The highest BCUT2D eigenvalue weighted by molar-refractivity contribution is 5.76. The van der Waals surface area contributed by atoms with Crippen molar-refractivity contribution in [2.45, 2.75) is 12.5 Å². The first-order valence-electron chi connectivity index (χ1n) is 4.69. The largest absolute Gasteiger partial charge is 0.457 e. The third-order valence-electron chi connectivity index (χ3n) is 2.49. The van der Waals surface area contributed by atoms with E-state index in [0.717, 1.165) is 5.56 Å². The Balaban J connectivity index is 2.16. The summed E-state index contributed by atoms with van der Waals surface area (Å²) in [7, 11) is 0. The molecule has 0 aliphatic carbocycles. The Kier molecular flexibility index (Phi) is 2.35. The highest BCUT2D eigenvalue weighted by Crippen LogP contribution is 2.33. The molecule has 0 aromatic heterocycles. The number of cyclic esters (lactones) is 1. The zero-order chi connectivity index (χ0) is 9.97. The number of benzene rings is 1. The molecule has 72 valence electrons. The zero-order valence-corrected chi connectivity index (χ0v) is 7.85. The fraction of sp³-hybridized carbons (Fsp3) is 0.250. The Morgan fingerprint density at radius 2 is 2.07 bits per heavy atom. The van der Waals surface area contributed by atoms with Crippen molar-refractivity contribution >= 4 is 5.97 Å². The van der Waals surface area contributed by atoms with E-state index in [1.807, 2.05) is 30.3 Å². The van der Waals surface area contributed by atoms with Crippen LogP contribution in [0.1, 0.15) is 18.1 Å². The lowest BCUT2D eigenvalue weighted by Crippen LogP contribution is -2.03. The van der Waals surface area contributed by atoms with Crippen molar-refractivity contribution in [1.29, 1.82) is 0 Å². The lowest BCUT2D eigenvalue weighted by molar-refractivity contribution is -0.143. The molecule has 2 atom stereocenters. The Morgan fingerprint density at radius 3 is 2.64 bits per heavy atom. The molecule has 2 nitrogen and oxygen atoms in total. The monoisotopic (exact) mass is 188 g/mol. The van der Waals surface area contributed by atoms with Gasteiger partial charge in [0.1, 0.15) is 6.10 Å². The van der Waals surface area contributed by atoms with Crippen LogP contribution in [0.3, 0.4) is 0 Å². The quantitative estimate of drug-likeness (QED) is 0.526. The van der Waals surface area contributed by atoms with Gasteiger partial charge in [0.25, 0.3) is 0 Å². The summed E-state index contributed by atoms with van der Waals surface area (Å²) in [6, 6.07) is 9.80. The van der Waals surface area contributed by atoms with Crippen molar-refractivity contribution in [3.63, 3.8) is 0 Å². The fourth-order valence-corrected chi connectivity index (χ4v) is 1.67. The van der Waals surface area contributed by atoms with E-state index in [-0.39, 0.29) is 18.0 Å². The average Bonchev–Trinajstić information content (AvgIpc) is 2.61. The minimum Gasteiger partial charge on any atom is -0.457 e. The Bertz CT molecular complexity index is 343. The first kappa shape index (κ1) is 9.00. The Labute approximate surface area is 83.2 Å². The average molecular weight is 188 g/mol. The summed E-state index contributed by atoms with van der Waals surface area (Å²) in [6.07, 6.45) is 2.28. The molecule has 1 aromatic rings. The van der Waals surface area contributed by atoms with Gasteiger partial charge in [-0.1, -0.05) is 36.4 Å². The van der Waals surface area contributed by atoms with Gasteiger partial charge in [-0.05, 0) is 5.56 Å². The molecule has 1 aliphatic rings. The maximum Gasteiger partial charge on any atom is 0.313 e. The molecule has 1 heterocycles. The molecule has 0 bridgehead atoms. The van der Waals surface area contributed by atoms with E-state index in [9.17, 15) is 4.79 Å². The standard InChI is InChI=1S/C12H12O2/c1-2-9-8-11(14-12(9)13)10-6-4-3-5-7-10/h2-7,9,11H,1,8H2/t9-,11+/m0/s1. The first-order valence-corrected chi connectivity index (χ1v) is 4.69. The molecular weight excluding hydrogens is 176 g/mol. The number of carbonyl (C=O) groups excluding carboxylic acids is 1. The maximum absolute atomic E-state index is 11.3. The molecule has 1 saturated heterocycles. The van der Waals surface area contributed by atoms with Gasteiger partial charge in [0.15, 0.2) is 0 Å². The summed E-state index contributed by atoms with van der Waals surface area (Å²) < 4.78 is 5.24. The lowest BCUT2D eigenvalue weighted by Gasteiger charge is -2.07. The van der Waals surface area contributed by atoms with Gasteiger partial charge in [0, 0.05) is 6.42 Å². The molecule has 2 rings (SSSR count). The molecule has 14 heavy (non-hydrogen) atoms. The van der Waals surface area contributed by atoms with E-state index >= 15 is 0 Å². The highest BCUT2D eigenvalue weighted by atomic mass is 16.5. The Hall–Kier alpha value is -1.57. The second-order valence-electron chi connectivity index (χ2n) is 3.41.